The van der Waals surface area contributed by atoms with Crippen LogP contribution in [0.25, 0.3) is 0 Å². The van der Waals surface area contributed by atoms with Crippen molar-refractivity contribution in [3.8, 4) is 0 Å². The smallest absolute Gasteiger partial charge is 0.182 e. The Morgan fingerprint density at radius 3 is 2.26 bits per heavy atom. The molecule has 0 aromatic heterocycles. The molecule has 2 nitrogen and oxygen atoms in total. The highest BCUT2D eigenvalue weighted by atomic mass is 127. The number of hydrogen-bond acceptors (Lipinski definition) is 2. The van der Waals surface area contributed by atoms with Gasteiger partial charge in [-0.3, -0.25) is 4.79 Å². The van der Waals surface area contributed by atoms with E-state index >= 15 is 0 Å². The van der Waals surface area contributed by atoms with E-state index in [2.05, 4.69) is 34.4 Å². The summed E-state index contributed by atoms with van der Waals surface area (Å²) in [5.74, 6) is 0.155. The second-order valence-corrected chi connectivity index (χ2v) is 5.53. The Bertz CT molecular complexity index is 536. The van der Waals surface area contributed by atoms with Crippen LogP contribution in [-0.2, 0) is 0 Å². The van der Waals surface area contributed by atoms with E-state index in [0.29, 0.717) is 6.54 Å². The van der Waals surface area contributed by atoms with Gasteiger partial charge in [0.15, 0.2) is 5.78 Å². The molecule has 0 bridgehead atoms. The molecule has 0 aliphatic carbocycles. The highest BCUT2D eigenvalue weighted by Crippen LogP contribution is 2.14. The summed E-state index contributed by atoms with van der Waals surface area (Å²) in [5.41, 5.74) is 1.86. The molecule has 2 aromatic carbocycles. The van der Waals surface area contributed by atoms with Crippen LogP contribution in [0, 0.1) is 3.57 Å². The normalized spacial score (nSPS) is 10.2. The molecule has 0 saturated carbocycles. The van der Waals surface area contributed by atoms with E-state index in [4.69, 9.17) is 0 Å². The number of benzene rings is 2. The molecule has 0 heterocycles. The fourth-order valence-corrected chi connectivity index (χ4v) is 2.28. The van der Waals surface area contributed by atoms with Crippen LogP contribution in [0.4, 0.5) is 5.69 Å². The number of hydrogen-bond donors (Lipinski definition) is 0. The van der Waals surface area contributed by atoms with Gasteiger partial charge in [0.2, 0.25) is 0 Å². The Balaban J connectivity index is 2.10. The maximum atomic E-state index is 12.3. The lowest BCUT2D eigenvalue weighted by atomic mass is 10.1. The zero-order chi connectivity index (χ0) is 13.7. The number of rotatable bonds is 5. The maximum absolute atomic E-state index is 12.3. The second-order valence-electron chi connectivity index (χ2n) is 4.28. The standard InChI is InChI=1S/C16H16INO/c1-2-18(15-6-4-3-5-7-15)12-16(19)13-8-10-14(17)11-9-13/h3-11H,2,12H2,1H3. The molecule has 2 aromatic rings. The van der Waals surface area contributed by atoms with Crippen molar-refractivity contribution < 1.29 is 4.79 Å². The van der Waals surface area contributed by atoms with E-state index in [1.165, 1.54) is 0 Å². The van der Waals surface area contributed by atoms with Gasteiger partial charge < -0.3 is 4.90 Å². The summed E-state index contributed by atoms with van der Waals surface area (Å²) in [6, 6.07) is 17.7. The Morgan fingerprint density at radius 1 is 1.05 bits per heavy atom. The first-order chi connectivity index (χ1) is 9.20. The van der Waals surface area contributed by atoms with Gasteiger partial charge in [0.05, 0.1) is 6.54 Å². The predicted molar refractivity (Wildman–Crippen MR) is 87.8 cm³/mol. The molecule has 3 heteroatoms. The van der Waals surface area contributed by atoms with Crippen molar-refractivity contribution in [2.24, 2.45) is 0 Å². The lowest BCUT2D eigenvalue weighted by molar-refractivity contribution is 0.0999. The SMILES string of the molecule is CCN(CC(=O)c1ccc(I)cc1)c1ccccc1. The Morgan fingerprint density at radius 2 is 1.68 bits per heavy atom. The molecule has 0 saturated heterocycles. The van der Waals surface area contributed by atoms with Gasteiger partial charge in [0, 0.05) is 21.4 Å². The van der Waals surface area contributed by atoms with E-state index in [-0.39, 0.29) is 5.78 Å². The molecule has 2 rings (SSSR count). The number of halogens is 1. The van der Waals surface area contributed by atoms with E-state index < -0.39 is 0 Å². The van der Waals surface area contributed by atoms with Crippen LogP contribution < -0.4 is 4.90 Å². The summed E-state index contributed by atoms with van der Waals surface area (Å²) in [5, 5.41) is 0. The quantitative estimate of drug-likeness (QED) is 0.590. The fraction of sp³-hybridized carbons (Fsp3) is 0.188. The van der Waals surface area contributed by atoms with Crippen molar-refractivity contribution in [3.63, 3.8) is 0 Å². The van der Waals surface area contributed by atoms with Crippen molar-refractivity contribution in [1.82, 2.24) is 0 Å². The lowest BCUT2D eigenvalue weighted by Gasteiger charge is -2.22. The molecule has 0 unspecified atom stereocenters. The first-order valence-corrected chi connectivity index (χ1v) is 7.37. The molecule has 0 atom stereocenters. The number of para-hydroxylation sites is 1. The van der Waals surface area contributed by atoms with Gasteiger partial charge in [-0.15, -0.1) is 0 Å². The number of anilines is 1. The van der Waals surface area contributed by atoms with Crippen LogP contribution in [-0.4, -0.2) is 18.9 Å². The van der Waals surface area contributed by atoms with Crippen LogP contribution in [0.3, 0.4) is 0 Å². The molecule has 0 fully saturated rings. The summed E-state index contributed by atoms with van der Waals surface area (Å²) in [6.07, 6.45) is 0. The van der Waals surface area contributed by atoms with Gasteiger partial charge in [-0.1, -0.05) is 30.3 Å². The molecular formula is C16H16INO. The fourth-order valence-electron chi connectivity index (χ4n) is 1.92. The first-order valence-electron chi connectivity index (χ1n) is 6.29. The van der Waals surface area contributed by atoms with Gasteiger partial charge in [0.25, 0.3) is 0 Å². The van der Waals surface area contributed by atoms with Crippen LogP contribution >= 0.6 is 22.6 Å². The van der Waals surface area contributed by atoms with Gasteiger partial charge in [-0.2, -0.15) is 0 Å². The number of likely N-dealkylation sites (N-methyl/N-ethyl adjacent to an activating group) is 1. The molecule has 0 N–H and O–H groups in total. The molecule has 0 radical (unpaired) electrons. The van der Waals surface area contributed by atoms with Gasteiger partial charge in [-0.05, 0) is 53.8 Å². The van der Waals surface area contributed by atoms with Gasteiger partial charge in [0.1, 0.15) is 0 Å². The van der Waals surface area contributed by atoms with Crippen LogP contribution in [0.5, 0.6) is 0 Å². The van der Waals surface area contributed by atoms with E-state index in [0.717, 1.165) is 21.4 Å². The zero-order valence-corrected chi connectivity index (χ0v) is 13.0. The Labute approximate surface area is 127 Å². The van der Waals surface area contributed by atoms with Crippen molar-refractivity contribution in [3.05, 3.63) is 63.7 Å². The highest BCUT2D eigenvalue weighted by molar-refractivity contribution is 14.1. The molecule has 0 aliphatic rings. The summed E-state index contributed by atoms with van der Waals surface area (Å²) < 4.78 is 1.14. The summed E-state index contributed by atoms with van der Waals surface area (Å²) in [6.45, 7) is 3.30. The van der Waals surface area contributed by atoms with Crippen LogP contribution in [0.1, 0.15) is 17.3 Å². The minimum absolute atomic E-state index is 0.155. The largest absolute Gasteiger partial charge is 0.364 e. The number of carbonyl (C=O) groups excluding carboxylic acids is 1. The number of carbonyl (C=O) groups is 1. The lowest BCUT2D eigenvalue weighted by Crippen LogP contribution is -2.29. The predicted octanol–water partition coefficient (Wildman–Crippen LogP) is 4.00. The average molecular weight is 365 g/mol. The van der Waals surface area contributed by atoms with E-state index in [9.17, 15) is 4.79 Å². The van der Waals surface area contributed by atoms with Gasteiger partial charge >= 0.3 is 0 Å². The molecule has 0 amide bonds. The molecular weight excluding hydrogens is 349 g/mol. The van der Waals surface area contributed by atoms with Crippen molar-refractivity contribution in [1.29, 1.82) is 0 Å². The second kappa shape index (κ2) is 6.70. The third-order valence-electron chi connectivity index (χ3n) is 3.00. The third-order valence-corrected chi connectivity index (χ3v) is 3.72. The van der Waals surface area contributed by atoms with Crippen molar-refractivity contribution in [2.45, 2.75) is 6.92 Å². The number of Topliss-reactive ketones (excluding diaryl/α,β-unsaturated/α-hetero) is 1. The van der Waals surface area contributed by atoms with E-state index in [1.807, 2.05) is 54.6 Å². The average Bonchev–Trinajstić information content (AvgIpc) is 2.46. The van der Waals surface area contributed by atoms with Crippen molar-refractivity contribution in [2.75, 3.05) is 18.0 Å². The van der Waals surface area contributed by atoms with Crippen LogP contribution in [0.15, 0.2) is 54.6 Å². The molecule has 0 spiro atoms. The minimum Gasteiger partial charge on any atom is -0.364 e. The van der Waals surface area contributed by atoms with Crippen LogP contribution in [0.2, 0.25) is 0 Å². The Hall–Kier alpha value is -1.36. The summed E-state index contributed by atoms with van der Waals surface area (Å²) in [4.78, 5) is 14.3. The molecule has 19 heavy (non-hydrogen) atoms. The Kier molecular flexibility index (Phi) is 4.96. The maximum Gasteiger partial charge on any atom is 0.182 e. The summed E-state index contributed by atoms with van der Waals surface area (Å²) in [7, 11) is 0. The molecule has 0 aliphatic heterocycles. The van der Waals surface area contributed by atoms with Gasteiger partial charge in [-0.25, -0.2) is 0 Å². The first kappa shape index (κ1) is 14.1. The van der Waals surface area contributed by atoms with E-state index in [1.54, 1.807) is 0 Å². The zero-order valence-electron chi connectivity index (χ0n) is 10.8. The number of ketones is 1. The third kappa shape index (κ3) is 3.80. The minimum atomic E-state index is 0.155. The monoisotopic (exact) mass is 365 g/mol. The van der Waals surface area contributed by atoms with Crippen molar-refractivity contribution >= 4 is 34.1 Å². The summed E-state index contributed by atoms with van der Waals surface area (Å²) >= 11 is 2.24. The topological polar surface area (TPSA) is 20.3 Å². The number of nitrogens with zero attached hydrogens (tertiary/aromatic N) is 1. The molecule has 98 valence electrons. The highest BCUT2D eigenvalue weighted by Gasteiger charge is 2.11.